The van der Waals surface area contributed by atoms with Gasteiger partial charge in [-0.25, -0.2) is 8.78 Å². The van der Waals surface area contributed by atoms with Crippen LogP contribution in [0, 0.1) is 28.9 Å². The fourth-order valence-corrected chi connectivity index (χ4v) is 3.00. The van der Waals surface area contributed by atoms with Crippen LogP contribution in [0.2, 0.25) is 0 Å². The first-order chi connectivity index (χ1) is 11.5. The number of amides is 2. The van der Waals surface area contributed by atoms with Crippen LogP contribution in [-0.2, 0) is 16.0 Å². The van der Waals surface area contributed by atoms with Gasteiger partial charge < -0.3 is 11.1 Å². The monoisotopic (exact) mass is 354 g/mol. The van der Waals surface area contributed by atoms with E-state index in [0.717, 1.165) is 6.07 Å². The Balaban J connectivity index is 2.99. The van der Waals surface area contributed by atoms with Crippen LogP contribution in [0.15, 0.2) is 18.2 Å². The van der Waals surface area contributed by atoms with Crippen molar-refractivity contribution in [3.8, 4) is 0 Å². The van der Waals surface area contributed by atoms with Crippen molar-refractivity contribution < 1.29 is 18.4 Å². The van der Waals surface area contributed by atoms with Gasteiger partial charge in [-0.15, -0.1) is 0 Å². The summed E-state index contributed by atoms with van der Waals surface area (Å²) in [6.07, 6.45) is 1.02. The zero-order valence-corrected chi connectivity index (χ0v) is 15.4. The van der Waals surface area contributed by atoms with Gasteiger partial charge in [0.15, 0.2) is 0 Å². The largest absolute Gasteiger partial charge is 0.369 e. The maximum Gasteiger partial charge on any atom is 0.223 e. The number of hydrogen-bond donors (Lipinski definition) is 2. The van der Waals surface area contributed by atoms with E-state index < -0.39 is 29.4 Å². The highest BCUT2D eigenvalue weighted by Crippen LogP contribution is 2.31. The van der Waals surface area contributed by atoms with Gasteiger partial charge in [-0.05, 0) is 49.3 Å². The molecule has 0 saturated heterocycles. The molecule has 6 heteroatoms. The molecule has 0 bridgehead atoms. The Hall–Kier alpha value is -1.98. The molecule has 3 N–H and O–H groups in total. The van der Waals surface area contributed by atoms with Crippen molar-refractivity contribution in [3.05, 3.63) is 35.4 Å². The fraction of sp³-hybridized carbons (Fsp3) is 0.579. The van der Waals surface area contributed by atoms with E-state index in [1.54, 1.807) is 6.92 Å². The van der Waals surface area contributed by atoms with E-state index in [1.807, 2.05) is 20.8 Å². The smallest absolute Gasteiger partial charge is 0.223 e. The summed E-state index contributed by atoms with van der Waals surface area (Å²) in [6, 6.07) is 3.25. The number of aryl methyl sites for hydroxylation is 1. The van der Waals surface area contributed by atoms with Gasteiger partial charge in [-0.2, -0.15) is 0 Å². The molecule has 140 valence electrons. The van der Waals surface area contributed by atoms with Gasteiger partial charge in [-0.3, -0.25) is 9.59 Å². The number of nitrogens with two attached hydrogens (primary N) is 1. The molecule has 2 atom stereocenters. The van der Waals surface area contributed by atoms with Crippen molar-refractivity contribution in [1.29, 1.82) is 0 Å². The molecule has 0 aliphatic heterocycles. The highest BCUT2D eigenvalue weighted by atomic mass is 19.1. The maximum absolute atomic E-state index is 13.3. The van der Waals surface area contributed by atoms with Crippen molar-refractivity contribution in [2.45, 2.75) is 47.0 Å². The molecule has 0 fully saturated rings. The van der Waals surface area contributed by atoms with E-state index in [9.17, 15) is 18.4 Å². The van der Waals surface area contributed by atoms with Crippen LogP contribution in [0.25, 0.3) is 0 Å². The number of nitrogens with one attached hydrogen (secondary N) is 1. The summed E-state index contributed by atoms with van der Waals surface area (Å²) >= 11 is 0. The molecule has 25 heavy (non-hydrogen) atoms. The summed E-state index contributed by atoms with van der Waals surface area (Å²) in [4.78, 5) is 24.4. The van der Waals surface area contributed by atoms with Gasteiger partial charge in [0.1, 0.15) is 11.6 Å². The predicted molar refractivity (Wildman–Crippen MR) is 93.6 cm³/mol. The highest BCUT2D eigenvalue weighted by molar-refractivity contribution is 5.86. The van der Waals surface area contributed by atoms with Crippen LogP contribution in [0.1, 0.15) is 46.1 Å². The van der Waals surface area contributed by atoms with Crippen LogP contribution >= 0.6 is 0 Å². The second-order valence-corrected chi connectivity index (χ2v) is 7.59. The van der Waals surface area contributed by atoms with E-state index in [0.29, 0.717) is 18.5 Å². The quantitative estimate of drug-likeness (QED) is 0.752. The van der Waals surface area contributed by atoms with Crippen LogP contribution < -0.4 is 11.1 Å². The molecule has 0 aliphatic rings. The van der Waals surface area contributed by atoms with Gasteiger partial charge >= 0.3 is 0 Å². The lowest BCUT2D eigenvalue weighted by molar-refractivity contribution is -0.134. The average Bonchev–Trinajstić information content (AvgIpc) is 2.43. The topological polar surface area (TPSA) is 72.2 Å². The first kappa shape index (κ1) is 21.1. The van der Waals surface area contributed by atoms with Crippen molar-refractivity contribution >= 4 is 11.8 Å². The van der Waals surface area contributed by atoms with Crippen molar-refractivity contribution in [2.75, 3.05) is 6.54 Å². The van der Waals surface area contributed by atoms with E-state index in [1.165, 1.54) is 12.1 Å². The third-order valence-electron chi connectivity index (χ3n) is 4.04. The molecular formula is C19H28F2N2O2. The van der Waals surface area contributed by atoms with E-state index in [4.69, 9.17) is 5.73 Å². The summed E-state index contributed by atoms with van der Waals surface area (Å²) < 4.78 is 26.6. The Kier molecular flexibility index (Phi) is 7.52. The molecule has 1 aromatic rings. The third kappa shape index (κ3) is 7.20. The van der Waals surface area contributed by atoms with Crippen LogP contribution in [0.5, 0.6) is 0 Å². The molecule has 0 saturated carbocycles. The standard InChI is InChI=1S/C19H28F2N2O2/c1-5-23-18(25)16(11-19(2,3)4)15(17(22)24)7-6-12-8-13(20)10-14(21)9-12/h8-10,15-16H,5-7,11H2,1-4H3,(H2,22,24)(H,23,25)/t15-,16+/m0/s1. The lowest BCUT2D eigenvalue weighted by atomic mass is 9.76. The van der Waals surface area contributed by atoms with Gasteiger partial charge in [0.05, 0.1) is 0 Å². The summed E-state index contributed by atoms with van der Waals surface area (Å²) in [7, 11) is 0. The minimum atomic E-state index is -0.697. The molecule has 0 heterocycles. The second-order valence-electron chi connectivity index (χ2n) is 7.59. The van der Waals surface area contributed by atoms with E-state index in [2.05, 4.69) is 5.32 Å². The number of carbonyl (C=O) groups is 2. The molecule has 0 aliphatic carbocycles. The van der Waals surface area contributed by atoms with Crippen molar-refractivity contribution in [1.82, 2.24) is 5.32 Å². The van der Waals surface area contributed by atoms with Gasteiger partial charge in [0, 0.05) is 24.4 Å². The normalized spacial score (nSPS) is 14.0. The molecule has 0 unspecified atom stereocenters. The maximum atomic E-state index is 13.3. The zero-order chi connectivity index (χ0) is 19.2. The summed E-state index contributed by atoms with van der Waals surface area (Å²) in [5.41, 5.74) is 5.81. The first-order valence-electron chi connectivity index (χ1n) is 8.55. The predicted octanol–water partition coefficient (Wildman–Crippen LogP) is 3.19. The third-order valence-corrected chi connectivity index (χ3v) is 4.04. The second kappa shape index (κ2) is 8.92. The molecule has 0 radical (unpaired) electrons. The summed E-state index contributed by atoms with van der Waals surface area (Å²) in [6.45, 7) is 8.22. The molecule has 1 rings (SSSR count). The fourth-order valence-electron chi connectivity index (χ4n) is 3.00. The SMILES string of the molecule is CCNC(=O)[C@H](CC(C)(C)C)[C@H](CCc1cc(F)cc(F)c1)C(N)=O. The molecule has 4 nitrogen and oxygen atoms in total. The number of benzene rings is 1. The van der Waals surface area contributed by atoms with Gasteiger partial charge in [0.2, 0.25) is 11.8 Å². The Morgan fingerprint density at radius 3 is 2.12 bits per heavy atom. The number of rotatable bonds is 8. The Bertz CT molecular complexity index is 592. The molecular weight excluding hydrogens is 326 g/mol. The number of carbonyl (C=O) groups excluding carboxylic acids is 2. The molecule has 0 aromatic heterocycles. The number of primary amides is 1. The highest BCUT2D eigenvalue weighted by Gasteiger charge is 2.35. The van der Waals surface area contributed by atoms with E-state index >= 15 is 0 Å². The van der Waals surface area contributed by atoms with Crippen LogP contribution in [0.3, 0.4) is 0 Å². The Morgan fingerprint density at radius 2 is 1.68 bits per heavy atom. The Morgan fingerprint density at radius 1 is 1.12 bits per heavy atom. The molecule has 1 aromatic carbocycles. The van der Waals surface area contributed by atoms with E-state index in [-0.39, 0.29) is 24.2 Å². The summed E-state index contributed by atoms with van der Waals surface area (Å²) in [5.74, 6) is -3.39. The van der Waals surface area contributed by atoms with Gasteiger partial charge in [-0.1, -0.05) is 20.8 Å². The van der Waals surface area contributed by atoms with Crippen molar-refractivity contribution in [3.63, 3.8) is 0 Å². The minimum Gasteiger partial charge on any atom is -0.369 e. The first-order valence-corrected chi connectivity index (χ1v) is 8.55. The summed E-state index contributed by atoms with van der Waals surface area (Å²) in [5, 5.41) is 2.75. The lowest BCUT2D eigenvalue weighted by Gasteiger charge is -2.30. The van der Waals surface area contributed by atoms with Crippen LogP contribution in [-0.4, -0.2) is 18.4 Å². The Labute approximate surface area is 148 Å². The minimum absolute atomic E-state index is 0.172. The lowest BCUT2D eigenvalue weighted by Crippen LogP contribution is -2.42. The van der Waals surface area contributed by atoms with Gasteiger partial charge in [0.25, 0.3) is 0 Å². The number of hydrogen-bond acceptors (Lipinski definition) is 2. The number of halogens is 2. The van der Waals surface area contributed by atoms with Crippen LogP contribution in [0.4, 0.5) is 8.78 Å². The molecule has 2 amide bonds. The van der Waals surface area contributed by atoms with Crippen molar-refractivity contribution in [2.24, 2.45) is 23.0 Å². The average molecular weight is 354 g/mol. The molecule has 0 spiro atoms. The zero-order valence-electron chi connectivity index (χ0n) is 15.4.